The number of azide groups is 1. The molecular weight excluding hydrogens is 100 g/mol. The molecule has 0 aliphatic rings. The van der Waals surface area contributed by atoms with E-state index >= 15 is 0 Å². The molecule has 0 aliphatic carbocycles. The lowest BCUT2D eigenvalue weighted by Gasteiger charge is -1.75. The highest BCUT2D eigenvalue weighted by Gasteiger charge is 1.88. The maximum atomic E-state index is 9.38. The Bertz CT molecular complexity index is 113. The number of rotatable bonds is 1. The zero-order chi connectivity index (χ0) is 5.70. The van der Waals surface area contributed by atoms with Crippen LogP contribution in [-0.4, -0.2) is 11.2 Å². The highest BCUT2D eigenvalue weighted by molar-refractivity contribution is 5.63. The first kappa shape index (κ1) is 5.58. The monoisotopic (exact) mass is 102 g/mol. The van der Waals surface area contributed by atoms with Crippen molar-refractivity contribution in [3.05, 3.63) is 10.4 Å². The largest absolute Gasteiger partial charge is 0.505 e. The summed E-state index contributed by atoms with van der Waals surface area (Å²) in [6.45, 7) is 0. The smallest absolute Gasteiger partial charge is 0.447 e. The van der Waals surface area contributed by atoms with E-state index in [1.165, 1.54) is 5.43 Å². The second-order valence-electron chi connectivity index (χ2n) is 0.606. The summed E-state index contributed by atoms with van der Waals surface area (Å²) in [6, 6.07) is 0. The van der Waals surface area contributed by atoms with Gasteiger partial charge in [-0.2, -0.15) is 15.1 Å². The molecule has 7 heavy (non-hydrogen) atoms. The van der Waals surface area contributed by atoms with Crippen molar-refractivity contribution in [3.63, 3.8) is 0 Å². The molecule has 0 spiro atoms. The minimum Gasteiger partial charge on any atom is -0.447 e. The van der Waals surface area contributed by atoms with Gasteiger partial charge in [-0.15, -0.1) is 5.53 Å². The van der Waals surface area contributed by atoms with E-state index in [0.717, 1.165) is 0 Å². The molecule has 0 aromatic heterocycles. The van der Waals surface area contributed by atoms with Crippen LogP contribution in [0, 0.1) is 0 Å². The predicted octanol–water partition coefficient (Wildman–Crippen LogP) is 0.479. The van der Waals surface area contributed by atoms with Crippen molar-refractivity contribution in [2.75, 3.05) is 0 Å². The Morgan fingerprint density at radius 3 is 2.71 bits per heavy atom. The number of carbonyl (C=O) groups is 1. The van der Waals surface area contributed by atoms with E-state index in [2.05, 4.69) is 10.1 Å². The van der Waals surface area contributed by atoms with Crippen LogP contribution in [0.4, 0.5) is 4.79 Å². The van der Waals surface area contributed by atoms with Crippen LogP contribution >= 0.6 is 0 Å². The van der Waals surface area contributed by atoms with Crippen molar-refractivity contribution < 1.29 is 9.90 Å². The summed E-state index contributed by atoms with van der Waals surface area (Å²) in [6.07, 6.45) is -1.36. The van der Waals surface area contributed by atoms with Crippen LogP contribution in [0.2, 0.25) is 0 Å². The van der Waals surface area contributed by atoms with Crippen LogP contribution in [0.25, 0.3) is 10.4 Å². The topological polar surface area (TPSA) is 98.1 Å². The summed E-state index contributed by atoms with van der Waals surface area (Å²) >= 11 is 0. The van der Waals surface area contributed by atoms with E-state index in [0.29, 0.717) is 0 Å². The molecule has 6 nitrogen and oxygen atoms in total. The summed E-state index contributed by atoms with van der Waals surface area (Å²) < 4.78 is 0. The number of hydrogen-bond acceptors (Lipinski definition) is 2. The van der Waals surface area contributed by atoms with Gasteiger partial charge in [0, 0.05) is 0 Å². The van der Waals surface area contributed by atoms with Crippen LogP contribution in [0.15, 0.2) is 5.22 Å². The molecule has 0 aliphatic heterocycles. The van der Waals surface area contributed by atoms with E-state index in [1.54, 1.807) is 0 Å². The maximum absolute atomic E-state index is 9.38. The molecule has 0 rings (SSSR count). The molecule has 38 valence electrons. The fourth-order valence-electron chi connectivity index (χ4n) is 0.0651. The summed E-state index contributed by atoms with van der Waals surface area (Å²) in [7, 11) is 0. The third-order valence-electron chi connectivity index (χ3n) is 0.190. The van der Waals surface area contributed by atoms with Gasteiger partial charge in [0.1, 0.15) is 0 Å². The van der Waals surface area contributed by atoms with E-state index in [1.807, 2.05) is 0 Å². The average Bonchev–Trinajstić information content (AvgIpc) is 1.61. The first-order chi connectivity index (χ1) is 3.27. The number of carboxylic acid groups (broad SMARTS) is 1. The van der Waals surface area contributed by atoms with Crippen molar-refractivity contribution in [1.29, 1.82) is 0 Å². The third-order valence-corrected chi connectivity index (χ3v) is 0.190. The molecule has 6 heteroatoms. The summed E-state index contributed by atoms with van der Waals surface area (Å²) in [4.78, 5) is 11.5. The van der Waals surface area contributed by atoms with Crippen LogP contribution in [0.1, 0.15) is 0 Å². The van der Waals surface area contributed by atoms with Gasteiger partial charge in [0.15, 0.2) is 0 Å². The molecular formula is CH2N4O2. The lowest BCUT2D eigenvalue weighted by Crippen LogP contribution is -2.11. The van der Waals surface area contributed by atoms with Gasteiger partial charge >= 0.3 is 6.09 Å². The summed E-state index contributed by atoms with van der Waals surface area (Å²) in [5.74, 6) is 0. The number of nitrogens with zero attached hydrogens (tertiary/aromatic N) is 3. The van der Waals surface area contributed by atoms with Gasteiger partial charge in [0.25, 0.3) is 0 Å². The Balaban J connectivity index is 3.32. The average molecular weight is 102 g/mol. The molecule has 0 radical (unpaired) electrons. The van der Waals surface area contributed by atoms with Crippen molar-refractivity contribution in [2.24, 2.45) is 5.22 Å². The molecule has 1 amide bonds. The van der Waals surface area contributed by atoms with Crippen LogP contribution in [-0.2, 0) is 0 Å². The van der Waals surface area contributed by atoms with E-state index in [9.17, 15) is 4.79 Å². The molecule has 2 N–H and O–H groups in total. The quantitative estimate of drug-likeness (QED) is 0.218. The first-order valence-corrected chi connectivity index (χ1v) is 1.30. The second-order valence-corrected chi connectivity index (χ2v) is 0.606. The minimum absolute atomic E-state index is 1.36. The van der Waals surface area contributed by atoms with Gasteiger partial charge in [-0.3, -0.25) is 0 Å². The van der Waals surface area contributed by atoms with E-state index in [4.69, 9.17) is 10.6 Å². The molecule has 0 aromatic carbocycles. The van der Waals surface area contributed by atoms with Crippen LogP contribution in [0.3, 0.4) is 0 Å². The normalized spacial score (nSPS) is 6.29. The fraction of sp³-hybridized carbons (Fsp3) is 0. The molecule has 0 bridgehead atoms. The standard InChI is InChI=1S/CH2N4O2/c2-4-5-3-1(6)7/h3H,(H,6,7). The zero-order valence-corrected chi connectivity index (χ0v) is 3.20. The van der Waals surface area contributed by atoms with Gasteiger partial charge in [-0.1, -0.05) is 0 Å². The highest BCUT2D eigenvalue weighted by Crippen LogP contribution is 1.59. The molecule has 0 unspecified atom stereocenters. The molecule has 0 saturated heterocycles. The van der Waals surface area contributed by atoms with E-state index in [-0.39, 0.29) is 0 Å². The Hall–Kier alpha value is -1.42. The van der Waals surface area contributed by atoms with Crippen molar-refractivity contribution in [2.45, 2.75) is 0 Å². The summed E-state index contributed by atoms with van der Waals surface area (Å²) in [5.41, 5.74) is 8.87. The molecule has 0 saturated carbocycles. The third kappa shape index (κ3) is 4.58. The lowest BCUT2D eigenvalue weighted by atomic mass is 11.3. The second kappa shape index (κ2) is 2.80. The van der Waals surface area contributed by atoms with Crippen molar-refractivity contribution in [3.8, 4) is 0 Å². The SMILES string of the molecule is [N-]=[N+]=NNC(=O)O. The number of amides is 1. The van der Waals surface area contributed by atoms with Crippen LogP contribution in [0.5, 0.6) is 0 Å². The molecule has 0 fully saturated rings. The Labute approximate surface area is 38.3 Å². The maximum Gasteiger partial charge on any atom is 0.505 e. The lowest BCUT2D eigenvalue weighted by molar-refractivity contribution is 0.195. The van der Waals surface area contributed by atoms with Crippen LogP contribution < -0.4 is 5.43 Å². The Kier molecular flexibility index (Phi) is 2.23. The highest BCUT2D eigenvalue weighted by atomic mass is 16.4. The Morgan fingerprint density at radius 1 is 2.00 bits per heavy atom. The van der Waals surface area contributed by atoms with Gasteiger partial charge in [-0.25, -0.2) is 0 Å². The van der Waals surface area contributed by atoms with E-state index < -0.39 is 6.09 Å². The van der Waals surface area contributed by atoms with Gasteiger partial charge in [0.05, 0.1) is 0 Å². The summed E-state index contributed by atoms with van der Waals surface area (Å²) in [5, 5.41) is 10.2. The minimum atomic E-state index is -1.36. The first-order valence-electron chi connectivity index (χ1n) is 1.30. The van der Waals surface area contributed by atoms with Crippen molar-refractivity contribution >= 4 is 6.09 Å². The van der Waals surface area contributed by atoms with Gasteiger partial charge in [-0.05, 0) is 5.22 Å². The fourth-order valence-corrected chi connectivity index (χ4v) is 0.0651. The van der Waals surface area contributed by atoms with Gasteiger partial charge < -0.3 is 5.11 Å². The molecule has 0 aromatic rings. The molecule has 0 heterocycles. The zero-order valence-electron chi connectivity index (χ0n) is 3.20. The Morgan fingerprint density at radius 2 is 2.57 bits per heavy atom. The van der Waals surface area contributed by atoms with Gasteiger partial charge in [0.2, 0.25) is 0 Å². The number of nitrogens with one attached hydrogen (secondary N) is 1. The number of hydrogen-bond donors (Lipinski definition) is 2. The molecule has 0 atom stereocenters. The van der Waals surface area contributed by atoms with Crippen molar-refractivity contribution in [1.82, 2.24) is 5.43 Å². The predicted molar refractivity (Wildman–Crippen MR) is 20.3 cm³/mol.